The van der Waals surface area contributed by atoms with Crippen molar-refractivity contribution in [2.24, 2.45) is 0 Å². The molecule has 0 spiro atoms. The van der Waals surface area contributed by atoms with Gasteiger partial charge in [-0.1, -0.05) is 12.1 Å². The topological polar surface area (TPSA) is 65.0 Å². The maximum atomic E-state index is 10.00. The molecule has 1 aliphatic heterocycles. The van der Waals surface area contributed by atoms with Crippen LogP contribution in [0.15, 0.2) is 24.3 Å². The monoisotopic (exact) mass is 266 g/mol. The number of likely N-dealkylation sites (N-methyl/N-ethyl adjacent to an activating group) is 1. The largest absolute Gasteiger partial charge is 0.389 e. The summed E-state index contributed by atoms with van der Waals surface area (Å²) < 4.78 is 5.32. The van der Waals surface area contributed by atoms with Crippen LogP contribution >= 0.6 is 0 Å². The number of hydrogen-bond donors (Lipinski definition) is 3. The number of nitrogens with one attached hydrogen (secondary N) is 1. The van der Waals surface area contributed by atoms with Gasteiger partial charge in [-0.05, 0) is 24.7 Å². The number of aliphatic hydroxyl groups is 2. The Bertz CT molecular complexity index is 377. The van der Waals surface area contributed by atoms with Crippen molar-refractivity contribution in [3.05, 3.63) is 29.8 Å². The number of aliphatic hydroxyl groups excluding tert-OH is 2. The van der Waals surface area contributed by atoms with Crippen LogP contribution in [0.5, 0.6) is 0 Å². The van der Waals surface area contributed by atoms with Gasteiger partial charge in [-0.3, -0.25) is 0 Å². The molecule has 1 aromatic carbocycles. The summed E-state index contributed by atoms with van der Waals surface area (Å²) in [6.45, 7) is 3.66. The van der Waals surface area contributed by atoms with Crippen LogP contribution in [0.2, 0.25) is 0 Å². The van der Waals surface area contributed by atoms with E-state index in [0.29, 0.717) is 6.54 Å². The van der Waals surface area contributed by atoms with Gasteiger partial charge in [0.05, 0.1) is 19.3 Å². The van der Waals surface area contributed by atoms with Gasteiger partial charge in [-0.15, -0.1) is 0 Å². The molecule has 1 fully saturated rings. The summed E-state index contributed by atoms with van der Waals surface area (Å²) in [5.74, 6) is 0. The molecular formula is C14H22N2O3. The number of anilines is 1. The third-order valence-electron chi connectivity index (χ3n) is 3.39. The molecule has 5 heteroatoms. The van der Waals surface area contributed by atoms with Gasteiger partial charge in [0, 0.05) is 25.3 Å². The first-order valence-electron chi connectivity index (χ1n) is 6.65. The first-order chi connectivity index (χ1) is 9.22. The van der Waals surface area contributed by atoms with Gasteiger partial charge >= 0.3 is 0 Å². The lowest BCUT2D eigenvalue weighted by Crippen LogP contribution is -2.36. The number of nitrogens with zero attached hydrogens (tertiary/aromatic N) is 1. The first kappa shape index (κ1) is 14.3. The fourth-order valence-corrected chi connectivity index (χ4v) is 2.25. The van der Waals surface area contributed by atoms with Crippen LogP contribution in [0.4, 0.5) is 5.69 Å². The highest BCUT2D eigenvalue weighted by atomic mass is 16.5. The lowest BCUT2D eigenvalue weighted by Gasteiger charge is -2.29. The van der Waals surface area contributed by atoms with Gasteiger partial charge < -0.3 is 25.2 Å². The van der Waals surface area contributed by atoms with Gasteiger partial charge in [0.15, 0.2) is 0 Å². The molecule has 5 nitrogen and oxygen atoms in total. The third kappa shape index (κ3) is 3.67. The maximum absolute atomic E-state index is 10.00. The summed E-state index contributed by atoms with van der Waals surface area (Å²) in [5, 5.41) is 22.6. The summed E-state index contributed by atoms with van der Waals surface area (Å²) in [5.41, 5.74) is 1.86. The molecular weight excluding hydrogens is 244 g/mol. The second kappa shape index (κ2) is 6.86. The summed E-state index contributed by atoms with van der Waals surface area (Å²) in [6.07, 6.45) is -1.65. The lowest BCUT2D eigenvalue weighted by atomic mass is 10.0. The maximum Gasteiger partial charge on any atom is 0.106 e. The van der Waals surface area contributed by atoms with E-state index in [-0.39, 0.29) is 0 Å². The molecule has 1 saturated heterocycles. The zero-order valence-corrected chi connectivity index (χ0v) is 11.2. The molecule has 106 valence electrons. The van der Waals surface area contributed by atoms with Crippen molar-refractivity contribution in [3.8, 4) is 0 Å². The summed E-state index contributed by atoms with van der Waals surface area (Å²) in [6, 6.07) is 7.70. The van der Waals surface area contributed by atoms with E-state index in [9.17, 15) is 10.2 Å². The molecule has 0 saturated carbocycles. The van der Waals surface area contributed by atoms with Crippen LogP contribution in [0, 0.1) is 0 Å². The standard InChI is InChI=1S/C14H22N2O3/c1-15-10-13(17)14(18)11-2-4-12(5-3-11)16-6-8-19-9-7-16/h2-5,13-15,17-18H,6-10H2,1H3. The van der Waals surface area contributed by atoms with Crippen LogP contribution in [0.3, 0.4) is 0 Å². The van der Waals surface area contributed by atoms with Crippen molar-refractivity contribution in [2.45, 2.75) is 12.2 Å². The Balaban J connectivity index is 2.01. The molecule has 0 bridgehead atoms. The molecule has 3 N–H and O–H groups in total. The highest BCUT2D eigenvalue weighted by Crippen LogP contribution is 2.22. The van der Waals surface area contributed by atoms with Crippen LogP contribution < -0.4 is 10.2 Å². The molecule has 0 aromatic heterocycles. The predicted molar refractivity (Wildman–Crippen MR) is 74.4 cm³/mol. The summed E-state index contributed by atoms with van der Waals surface area (Å²) in [7, 11) is 1.75. The van der Waals surface area contributed by atoms with Crippen molar-refractivity contribution >= 4 is 5.69 Å². The van der Waals surface area contributed by atoms with E-state index in [0.717, 1.165) is 37.6 Å². The molecule has 0 amide bonds. The Morgan fingerprint density at radius 1 is 1.21 bits per heavy atom. The number of ether oxygens (including phenoxy) is 1. The first-order valence-corrected chi connectivity index (χ1v) is 6.65. The Kier molecular flexibility index (Phi) is 5.15. The van der Waals surface area contributed by atoms with Gasteiger partial charge in [0.2, 0.25) is 0 Å². The van der Waals surface area contributed by atoms with Gasteiger partial charge in [-0.2, -0.15) is 0 Å². The Morgan fingerprint density at radius 2 is 1.84 bits per heavy atom. The van der Waals surface area contributed by atoms with Crippen molar-refractivity contribution in [2.75, 3.05) is 44.8 Å². The van der Waals surface area contributed by atoms with Gasteiger partial charge in [0.25, 0.3) is 0 Å². The van der Waals surface area contributed by atoms with E-state index < -0.39 is 12.2 Å². The average Bonchev–Trinajstić information content (AvgIpc) is 2.48. The van der Waals surface area contributed by atoms with Crippen LogP contribution in [0.1, 0.15) is 11.7 Å². The third-order valence-corrected chi connectivity index (χ3v) is 3.39. The number of morpholine rings is 1. The molecule has 2 unspecified atom stereocenters. The normalized spacial score (nSPS) is 19.2. The zero-order valence-electron chi connectivity index (χ0n) is 11.2. The minimum absolute atomic E-state index is 0.367. The fourth-order valence-electron chi connectivity index (χ4n) is 2.25. The molecule has 1 aromatic rings. The van der Waals surface area contributed by atoms with Gasteiger partial charge in [0.1, 0.15) is 6.10 Å². The SMILES string of the molecule is CNCC(O)C(O)c1ccc(N2CCOCC2)cc1. The van der Waals surface area contributed by atoms with Crippen molar-refractivity contribution < 1.29 is 14.9 Å². The van der Waals surface area contributed by atoms with E-state index in [1.807, 2.05) is 24.3 Å². The molecule has 1 heterocycles. The highest BCUT2D eigenvalue weighted by Gasteiger charge is 2.18. The summed E-state index contributed by atoms with van der Waals surface area (Å²) in [4.78, 5) is 2.25. The number of hydrogen-bond acceptors (Lipinski definition) is 5. The minimum Gasteiger partial charge on any atom is -0.389 e. The second-order valence-corrected chi connectivity index (χ2v) is 4.76. The van der Waals surface area contributed by atoms with Crippen LogP contribution in [-0.4, -0.2) is 56.2 Å². The van der Waals surface area contributed by atoms with Crippen molar-refractivity contribution in [3.63, 3.8) is 0 Å². The Labute approximate surface area is 113 Å². The second-order valence-electron chi connectivity index (χ2n) is 4.76. The average molecular weight is 266 g/mol. The predicted octanol–water partition coefficient (Wildman–Crippen LogP) is 0.137. The lowest BCUT2D eigenvalue weighted by molar-refractivity contribution is 0.0202. The highest BCUT2D eigenvalue weighted by molar-refractivity contribution is 5.48. The summed E-state index contributed by atoms with van der Waals surface area (Å²) >= 11 is 0. The number of rotatable bonds is 5. The molecule has 0 radical (unpaired) electrons. The van der Waals surface area contributed by atoms with Crippen LogP contribution in [0.25, 0.3) is 0 Å². The van der Waals surface area contributed by atoms with E-state index in [1.54, 1.807) is 7.05 Å². The minimum atomic E-state index is -0.855. The fraction of sp³-hybridized carbons (Fsp3) is 0.571. The molecule has 0 aliphatic carbocycles. The molecule has 19 heavy (non-hydrogen) atoms. The number of benzene rings is 1. The zero-order chi connectivity index (χ0) is 13.7. The quantitative estimate of drug-likeness (QED) is 0.707. The molecule has 1 aliphatic rings. The van der Waals surface area contributed by atoms with E-state index in [4.69, 9.17) is 4.74 Å². The van der Waals surface area contributed by atoms with E-state index >= 15 is 0 Å². The smallest absolute Gasteiger partial charge is 0.106 e. The van der Waals surface area contributed by atoms with Crippen molar-refractivity contribution in [1.29, 1.82) is 0 Å². The van der Waals surface area contributed by atoms with E-state index in [1.165, 1.54) is 0 Å². The van der Waals surface area contributed by atoms with E-state index in [2.05, 4.69) is 10.2 Å². The van der Waals surface area contributed by atoms with Crippen LogP contribution in [-0.2, 0) is 4.74 Å². The Morgan fingerprint density at radius 3 is 2.42 bits per heavy atom. The van der Waals surface area contributed by atoms with Gasteiger partial charge in [-0.25, -0.2) is 0 Å². The molecule has 2 atom stereocenters. The molecule has 2 rings (SSSR count). The Hall–Kier alpha value is -1.14. The van der Waals surface area contributed by atoms with Crippen molar-refractivity contribution in [1.82, 2.24) is 5.32 Å².